The maximum absolute atomic E-state index is 5.97. The number of rotatable bonds is 5. The number of morpholine rings is 1. The third-order valence-corrected chi connectivity index (χ3v) is 4.74. The average molecular weight is 344 g/mol. The predicted molar refractivity (Wildman–Crippen MR) is 107 cm³/mol. The zero-order valence-electron chi connectivity index (χ0n) is 14.8. The molecule has 1 heterocycles. The summed E-state index contributed by atoms with van der Waals surface area (Å²) in [4.78, 5) is 2.47. The first-order valence-corrected chi connectivity index (χ1v) is 9.17. The number of nitrogens with one attached hydrogen (secondary N) is 1. The first kappa shape index (κ1) is 16.8. The van der Waals surface area contributed by atoms with Gasteiger partial charge in [-0.2, -0.15) is 0 Å². The Balaban J connectivity index is 1.36. The van der Waals surface area contributed by atoms with Gasteiger partial charge in [0, 0.05) is 31.0 Å². The van der Waals surface area contributed by atoms with Crippen LogP contribution in [0.25, 0.3) is 0 Å². The summed E-state index contributed by atoms with van der Waals surface area (Å²) >= 11 is 0. The molecule has 0 aliphatic carbocycles. The van der Waals surface area contributed by atoms with Gasteiger partial charge in [0.15, 0.2) is 0 Å². The Bertz CT molecular complexity index is 803. The molecular weight excluding hydrogens is 320 g/mol. The summed E-state index contributed by atoms with van der Waals surface area (Å²) in [6.45, 7) is 3.66. The molecule has 0 saturated carbocycles. The summed E-state index contributed by atoms with van der Waals surface area (Å²) < 4.78 is 5.97. The fourth-order valence-electron chi connectivity index (χ4n) is 3.36. The fourth-order valence-corrected chi connectivity index (χ4v) is 3.36. The van der Waals surface area contributed by atoms with Crippen LogP contribution in [0.3, 0.4) is 0 Å². The van der Waals surface area contributed by atoms with Crippen molar-refractivity contribution in [3.63, 3.8) is 0 Å². The Labute approximate surface area is 155 Å². The Morgan fingerprint density at radius 3 is 2.19 bits per heavy atom. The van der Waals surface area contributed by atoms with Crippen LogP contribution in [0.5, 0.6) is 0 Å². The van der Waals surface area contributed by atoms with E-state index in [1.807, 2.05) is 18.2 Å². The van der Waals surface area contributed by atoms with Crippen LogP contribution in [0.2, 0.25) is 0 Å². The molecule has 4 rings (SSSR count). The van der Waals surface area contributed by atoms with E-state index in [2.05, 4.69) is 76.9 Å². The van der Waals surface area contributed by atoms with Crippen LogP contribution < -0.4 is 5.32 Å². The molecular formula is C23H24N2O. The van der Waals surface area contributed by atoms with Crippen LogP contribution in [0.1, 0.15) is 17.2 Å². The molecule has 1 aliphatic rings. The number of anilines is 2. The number of hydrogen-bond acceptors (Lipinski definition) is 3. The molecule has 0 bridgehead atoms. The molecule has 1 N–H and O–H groups in total. The van der Waals surface area contributed by atoms with Gasteiger partial charge in [0.1, 0.15) is 0 Å². The van der Waals surface area contributed by atoms with Gasteiger partial charge < -0.3 is 10.1 Å². The fraction of sp³-hybridized carbons (Fsp3) is 0.217. The van der Waals surface area contributed by atoms with E-state index in [0.717, 1.165) is 37.6 Å². The monoisotopic (exact) mass is 344 g/mol. The highest BCUT2D eigenvalue weighted by Crippen LogP contribution is 2.23. The Morgan fingerprint density at radius 1 is 0.808 bits per heavy atom. The minimum atomic E-state index is 0.170. The van der Waals surface area contributed by atoms with Gasteiger partial charge in [-0.05, 0) is 35.4 Å². The van der Waals surface area contributed by atoms with Crippen LogP contribution in [0.15, 0.2) is 84.9 Å². The number of hydrogen-bond donors (Lipinski definition) is 1. The summed E-state index contributed by atoms with van der Waals surface area (Å²) in [7, 11) is 0. The van der Waals surface area contributed by atoms with Crippen molar-refractivity contribution in [2.75, 3.05) is 25.0 Å². The highest BCUT2D eigenvalue weighted by molar-refractivity contribution is 5.59. The molecule has 3 aromatic carbocycles. The van der Waals surface area contributed by atoms with Crippen LogP contribution in [-0.2, 0) is 11.3 Å². The molecule has 0 amide bonds. The van der Waals surface area contributed by atoms with Crippen molar-refractivity contribution in [3.8, 4) is 0 Å². The van der Waals surface area contributed by atoms with Gasteiger partial charge >= 0.3 is 0 Å². The van der Waals surface area contributed by atoms with Gasteiger partial charge in [0.25, 0.3) is 0 Å². The van der Waals surface area contributed by atoms with Crippen LogP contribution in [-0.4, -0.2) is 24.6 Å². The van der Waals surface area contributed by atoms with E-state index in [0.29, 0.717) is 0 Å². The van der Waals surface area contributed by atoms with Crippen molar-refractivity contribution in [1.29, 1.82) is 0 Å². The standard InChI is InChI=1S/C23H24N2O/c1-3-7-20(8-4-1)23-18-25(15-16-26-23)17-19-11-13-22(14-12-19)24-21-9-5-2-6-10-21/h1-14,23-24H,15-18H2/t23-/m1/s1. The van der Waals surface area contributed by atoms with Crippen molar-refractivity contribution in [2.45, 2.75) is 12.6 Å². The second-order valence-corrected chi connectivity index (χ2v) is 6.69. The maximum Gasteiger partial charge on any atom is 0.0952 e. The maximum atomic E-state index is 5.97. The van der Waals surface area contributed by atoms with Crippen molar-refractivity contribution in [1.82, 2.24) is 4.90 Å². The van der Waals surface area contributed by atoms with E-state index >= 15 is 0 Å². The quantitative estimate of drug-likeness (QED) is 0.704. The molecule has 0 unspecified atom stereocenters. The molecule has 3 nitrogen and oxygen atoms in total. The third-order valence-electron chi connectivity index (χ3n) is 4.74. The summed E-state index contributed by atoms with van der Waals surface area (Å²) in [6, 6.07) is 29.5. The molecule has 1 fully saturated rings. The Kier molecular flexibility index (Phi) is 5.29. The Hall–Kier alpha value is -2.62. The van der Waals surface area contributed by atoms with Crippen LogP contribution in [0.4, 0.5) is 11.4 Å². The van der Waals surface area contributed by atoms with Crippen LogP contribution >= 0.6 is 0 Å². The summed E-state index contributed by atoms with van der Waals surface area (Å²) in [5, 5.41) is 3.43. The molecule has 1 saturated heterocycles. The van der Waals surface area contributed by atoms with E-state index in [1.165, 1.54) is 11.1 Å². The minimum absolute atomic E-state index is 0.170. The zero-order chi connectivity index (χ0) is 17.6. The van der Waals surface area contributed by atoms with E-state index in [-0.39, 0.29) is 6.10 Å². The molecule has 3 aromatic rings. The molecule has 3 heteroatoms. The van der Waals surface area contributed by atoms with E-state index in [4.69, 9.17) is 4.74 Å². The lowest BCUT2D eigenvalue weighted by molar-refractivity contribution is -0.0329. The van der Waals surface area contributed by atoms with E-state index in [9.17, 15) is 0 Å². The second kappa shape index (κ2) is 8.17. The minimum Gasteiger partial charge on any atom is -0.371 e. The van der Waals surface area contributed by atoms with Crippen molar-refractivity contribution in [2.24, 2.45) is 0 Å². The first-order chi connectivity index (χ1) is 12.9. The smallest absolute Gasteiger partial charge is 0.0952 e. The lowest BCUT2D eigenvalue weighted by atomic mass is 10.1. The highest BCUT2D eigenvalue weighted by atomic mass is 16.5. The first-order valence-electron chi connectivity index (χ1n) is 9.17. The largest absolute Gasteiger partial charge is 0.371 e. The van der Waals surface area contributed by atoms with Gasteiger partial charge in [0.05, 0.1) is 12.7 Å². The van der Waals surface area contributed by atoms with Crippen molar-refractivity contribution in [3.05, 3.63) is 96.1 Å². The average Bonchev–Trinajstić information content (AvgIpc) is 2.71. The third kappa shape index (κ3) is 4.31. The summed E-state index contributed by atoms with van der Waals surface area (Å²) in [6.07, 6.45) is 0.170. The lowest BCUT2D eigenvalue weighted by Gasteiger charge is -2.33. The van der Waals surface area contributed by atoms with Crippen LogP contribution in [0, 0.1) is 0 Å². The van der Waals surface area contributed by atoms with E-state index in [1.54, 1.807) is 0 Å². The number of nitrogens with zero attached hydrogens (tertiary/aromatic N) is 1. The van der Waals surface area contributed by atoms with Gasteiger partial charge in [-0.15, -0.1) is 0 Å². The normalized spacial score (nSPS) is 17.8. The van der Waals surface area contributed by atoms with Gasteiger partial charge in [0.2, 0.25) is 0 Å². The number of benzene rings is 3. The molecule has 0 aromatic heterocycles. The van der Waals surface area contributed by atoms with E-state index < -0.39 is 0 Å². The zero-order valence-corrected chi connectivity index (χ0v) is 14.8. The number of ether oxygens (including phenoxy) is 1. The van der Waals surface area contributed by atoms with Crippen molar-refractivity contribution < 1.29 is 4.74 Å². The molecule has 26 heavy (non-hydrogen) atoms. The molecule has 1 aliphatic heterocycles. The molecule has 0 spiro atoms. The van der Waals surface area contributed by atoms with Gasteiger partial charge in [-0.1, -0.05) is 60.7 Å². The lowest BCUT2D eigenvalue weighted by Crippen LogP contribution is -2.37. The highest BCUT2D eigenvalue weighted by Gasteiger charge is 2.21. The Morgan fingerprint density at radius 2 is 1.46 bits per heavy atom. The molecule has 0 radical (unpaired) electrons. The SMILES string of the molecule is c1ccc(Nc2ccc(CN3CCO[C@@H](c4ccccc4)C3)cc2)cc1. The topological polar surface area (TPSA) is 24.5 Å². The number of para-hydroxylation sites is 1. The second-order valence-electron chi connectivity index (χ2n) is 6.69. The summed E-state index contributed by atoms with van der Waals surface area (Å²) in [5.41, 5.74) is 4.82. The van der Waals surface area contributed by atoms with Crippen molar-refractivity contribution >= 4 is 11.4 Å². The van der Waals surface area contributed by atoms with Gasteiger partial charge in [-0.3, -0.25) is 4.90 Å². The van der Waals surface area contributed by atoms with Gasteiger partial charge in [-0.25, -0.2) is 0 Å². The molecule has 132 valence electrons. The molecule has 1 atom stereocenters. The summed E-state index contributed by atoms with van der Waals surface area (Å²) in [5.74, 6) is 0. The predicted octanol–water partition coefficient (Wildman–Crippen LogP) is 5.00.